The third kappa shape index (κ3) is 2.90. The first kappa shape index (κ1) is 12.2. The SMILES string of the molecule is CCc1sc(Cc2ccc(F)cc2)nc1CO. The van der Waals surface area contributed by atoms with E-state index in [1.165, 1.54) is 12.1 Å². The van der Waals surface area contributed by atoms with Crippen LogP contribution in [0.2, 0.25) is 0 Å². The van der Waals surface area contributed by atoms with Crippen molar-refractivity contribution < 1.29 is 9.50 Å². The molecular formula is C13H14FNOS. The van der Waals surface area contributed by atoms with Gasteiger partial charge < -0.3 is 5.11 Å². The molecule has 0 saturated heterocycles. The minimum Gasteiger partial charge on any atom is -0.390 e. The molecule has 0 unspecified atom stereocenters. The van der Waals surface area contributed by atoms with E-state index in [1.807, 2.05) is 6.92 Å². The summed E-state index contributed by atoms with van der Waals surface area (Å²) in [6.07, 6.45) is 1.58. The Morgan fingerprint density at radius 3 is 2.53 bits per heavy atom. The number of rotatable bonds is 4. The number of nitrogens with zero attached hydrogens (tertiary/aromatic N) is 1. The van der Waals surface area contributed by atoms with Crippen LogP contribution in [0.4, 0.5) is 4.39 Å². The zero-order chi connectivity index (χ0) is 12.3. The van der Waals surface area contributed by atoms with Crippen molar-refractivity contribution in [1.29, 1.82) is 0 Å². The largest absolute Gasteiger partial charge is 0.390 e. The van der Waals surface area contributed by atoms with E-state index in [1.54, 1.807) is 23.5 Å². The summed E-state index contributed by atoms with van der Waals surface area (Å²) >= 11 is 1.62. The Kier molecular flexibility index (Phi) is 3.86. The average Bonchev–Trinajstić information content (AvgIpc) is 2.74. The number of aliphatic hydroxyl groups is 1. The third-order valence-corrected chi connectivity index (χ3v) is 3.80. The van der Waals surface area contributed by atoms with Crippen LogP contribution in [0.25, 0.3) is 0 Å². The summed E-state index contributed by atoms with van der Waals surface area (Å²) in [7, 11) is 0. The maximum absolute atomic E-state index is 12.8. The van der Waals surface area contributed by atoms with Crippen LogP contribution >= 0.6 is 11.3 Å². The molecule has 2 aromatic rings. The number of hydrogen-bond donors (Lipinski definition) is 1. The fraction of sp³-hybridized carbons (Fsp3) is 0.308. The Morgan fingerprint density at radius 1 is 1.29 bits per heavy atom. The second kappa shape index (κ2) is 5.38. The van der Waals surface area contributed by atoms with Gasteiger partial charge in [0.1, 0.15) is 5.82 Å². The number of aliphatic hydroxyl groups excluding tert-OH is 1. The monoisotopic (exact) mass is 251 g/mol. The molecule has 2 rings (SSSR count). The first-order chi connectivity index (χ1) is 8.22. The Hall–Kier alpha value is -1.26. The Labute approximate surface area is 104 Å². The molecule has 1 N–H and O–H groups in total. The first-order valence-electron chi connectivity index (χ1n) is 5.55. The Morgan fingerprint density at radius 2 is 2.00 bits per heavy atom. The highest BCUT2D eigenvalue weighted by Crippen LogP contribution is 2.22. The van der Waals surface area contributed by atoms with Crippen LogP contribution in [0.1, 0.15) is 28.1 Å². The summed E-state index contributed by atoms with van der Waals surface area (Å²) < 4.78 is 12.8. The number of hydrogen-bond acceptors (Lipinski definition) is 3. The van der Waals surface area contributed by atoms with E-state index >= 15 is 0 Å². The molecule has 4 heteroatoms. The zero-order valence-corrected chi connectivity index (χ0v) is 10.4. The molecule has 0 bridgehead atoms. The van der Waals surface area contributed by atoms with E-state index in [0.717, 1.165) is 27.6 Å². The van der Waals surface area contributed by atoms with E-state index in [4.69, 9.17) is 5.11 Å². The van der Waals surface area contributed by atoms with E-state index in [2.05, 4.69) is 4.98 Å². The second-order valence-corrected chi connectivity index (χ2v) is 4.96. The summed E-state index contributed by atoms with van der Waals surface area (Å²) in [5, 5.41) is 10.1. The summed E-state index contributed by atoms with van der Waals surface area (Å²) in [6, 6.07) is 6.44. The normalized spacial score (nSPS) is 10.8. The van der Waals surface area contributed by atoms with Crippen molar-refractivity contribution in [3.05, 3.63) is 51.2 Å². The lowest BCUT2D eigenvalue weighted by Crippen LogP contribution is -1.90. The molecule has 0 radical (unpaired) electrons. The molecule has 0 aliphatic rings. The van der Waals surface area contributed by atoms with Gasteiger partial charge in [-0.25, -0.2) is 9.37 Å². The van der Waals surface area contributed by atoms with Gasteiger partial charge >= 0.3 is 0 Å². The van der Waals surface area contributed by atoms with Crippen molar-refractivity contribution in [2.24, 2.45) is 0 Å². The van der Waals surface area contributed by atoms with Crippen molar-refractivity contribution >= 4 is 11.3 Å². The minimum atomic E-state index is -0.224. The Bertz CT molecular complexity index is 471. The third-order valence-electron chi connectivity index (χ3n) is 2.56. The topological polar surface area (TPSA) is 33.1 Å². The molecule has 90 valence electrons. The summed E-state index contributed by atoms with van der Waals surface area (Å²) in [5.41, 5.74) is 1.81. The number of aryl methyl sites for hydroxylation is 1. The maximum Gasteiger partial charge on any atom is 0.123 e. The zero-order valence-electron chi connectivity index (χ0n) is 9.61. The average molecular weight is 251 g/mol. The van der Waals surface area contributed by atoms with E-state index < -0.39 is 0 Å². The second-order valence-electron chi connectivity index (χ2n) is 3.79. The van der Waals surface area contributed by atoms with Crippen molar-refractivity contribution in [2.75, 3.05) is 0 Å². The molecule has 0 fully saturated rings. The number of benzene rings is 1. The van der Waals surface area contributed by atoms with Crippen molar-refractivity contribution in [3.63, 3.8) is 0 Å². The van der Waals surface area contributed by atoms with Crippen LogP contribution in [0.3, 0.4) is 0 Å². The van der Waals surface area contributed by atoms with Gasteiger partial charge in [0, 0.05) is 11.3 Å². The van der Waals surface area contributed by atoms with Crippen molar-refractivity contribution in [3.8, 4) is 0 Å². The molecule has 0 aliphatic heterocycles. The Balaban J connectivity index is 2.18. The van der Waals surface area contributed by atoms with Crippen LogP contribution in [-0.4, -0.2) is 10.1 Å². The smallest absolute Gasteiger partial charge is 0.123 e. The van der Waals surface area contributed by atoms with Gasteiger partial charge in [-0.2, -0.15) is 0 Å². The van der Waals surface area contributed by atoms with Crippen molar-refractivity contribution in [2.45, 2.75) is 26.4 Å². The van der Waals surface area contributed by atoms with E-state index in [9.17, 15) is 4.39 Å². The highest BCUT2D eigenvalue weighted by molar-refractivity contribution is 7.11. The van der Waals surface area contributed by atoms with E-state index in [-0.39, 0.29) is 12.4 Å². The van der Waals surface area contributed by atoms with Crippen molar-refractivity contribution in [1.82, 2.24) is 4.98 Å². The standard InChI is InChI=1S/C13H14FNOS/c1-2-12-11(8-16)15-13(17-12)7-9-3-5-10(14)6-4-9/h3-6,16H,2,7-8H2,1H3. The van der Waals surface area contributed by atoms with Gasteiger partial charge in [-0.3, -0.25) is 0 Å². The number of thiazole rings is 1. The molecular weight excluding hydrogens is 237 g/mol. The molecule has 0 amide bonds. The molecule has 0 saturated carbocycles. The molecule has 1 aromatic heterocycles. The fourth-order valence-electron chi connectivity index (χ4n) is 1.69. The van der Waals surface area contributed by atoms with E-state index in [0.29, 0.717) is 6.42 Å². The predicted molar refractivity (Wildman–Crippen MR) is 66.6 cm³/mol. The molecule has 2 nitrogen and oxygen atoms in total. The van der Waals surface area contributed by atoms with Gasteiger partial charge in [-0.1, -0.05) is 19.1 Å². The molecule has 1 heterocycles. The highest BCUT2D eigenvalue weighted by Gasteiger charge is 2.09. The predicted octanol–water partition coefficient (Wildman–Crippen LogP) is 2.93. The molecule has 0 atom stereocenters. The fourth-order valence-corrected chi connectivity index (χ4v) is 2.74. The van der Waals surface area contributed by atoms with Gasteiger partial charge in [-0.05, 0) is 24.1 Å². The lowest BCUT2D eigenvalue weighted by atomic mass is 10.1. The van der Waals surface area contributed by atoms with Crippen LogP contribution in [0.15, 0.2) is 24.3 Å². The van der Waals surface area contributed by atoms with Gasteiger partial charge in [0.05, 0.1) is 17.3 Å². The summed E-state index contributed by atoms with van der Waals surface area (Å²) in [5.74, 6) is -0.224. The van der Waals surface area contributed by atoms with Gasteiger partial charge in [-0.15, -0.1) is 11.3 Å². The number of aromatic nitrogens is 1. The summed E-state index contributed by atoms with van der Waals surface area (Å²) in [6.45, 7) is 2.04. The van der Waals surface area contributed by atoms with Crippen LogP contribution < -0.4 is 0 Å². The maximum atomic E-state index is 12.8. The lowest BCUT2D eigenvalue weighted by molar-refractivity contribution is 0.276. The van der Waals surface area contributed by atoms with Crippen LogP contribution in [-0.2, 0) is 19.4 Å². The van der Waals surface area contributed by atoms with Gasteiger partial charge in [0.15, 0.2) is 0 Å². The molecule has 1 aromatic carbocycles. The first-order valence-corrected chi connectivity index (χ1v) is 6.37. The highest BCUT2D eigenvalue weighted by atomic mass is 32.1. The molecule has 0 spiro atoms. The molecule has 17 heavy (non-hydrogen) atoms. The van der Waals surface area contributed by atoms with Crippen LogP contribution in [0.5, 0.6) is 0 Å². The lowest BCUT2D eigenvalue weighted by Gasteiger charge is -1.97. The number of halogens is 1. The quantitative estimate of drug-likeness (QED) is 0.906. The van der Waals surface area contributed by atoms with Gasteiger partial charge in [0.2, 0.25) is 0 Å². The van der Waals surface area contributed by atoms with Crippen LogP contribution in [0, 0.1) is 5.82 Å². The van der Waals surface area contributed by atoms with Gasteiger partial charge in [0.25, 0.3) is 0 Å². The molecule has 0 aliphatic carbocycles. The summed E-state index contributed by atoms with van der Waals surface area (Å²) in [4.78, 5) is 5.52. The minimum absolute atomic E-state index is 0.0108.